The zero-order chi connectivity index (χ0) is 20.2. The number of hydrogen-bond acceptors (Lipinski definition) is 4. The summed E-state index contributed by atoms with van der Waals surface area (Å²) in [4.78, 5) is 27.0. The van der Waals surface area contributed by atoms with Crippen LogP contribution < -0.4 is 4.74 Å². The predicted molar refractivity (Wildman–Crippen MR) is 109 cm³/mol. The molecule has 146 valence electrons. The highest BCUT2D eigenvalue weighted by molar-refractivity contribution is 5.99. The first-order valence-corrected chi connectivity index (χ1v) is 9.45. The van der Waals surface area contributed by atoms with Crippen LogP contribution in [0.5, 0.6) is 5.75 Å². The van der Waals surface area contributed by atoms with E-state index in [1.54, 1.807) is 36.3 Å². The first kappa shape index (κ1) is 18.7. The fraction of sp³-hybridized carbons (Fsp3) is 0.167. The van der Waals surface area contributed by atoms with Gasteiger partial charge in [-0.2, -0.15) is 0 Å². The molecule has 0 saturated heterocycles. The molecule has 0 aromatic heterocycles. The van der Waals surface area contributed by atoms with Crippen LogP contribution in [-0.4, -0.2) is 37.0 Å². The van der Waals surface area contributed by atoms with Crippen molar-refractivity contribution in [1.29, 1.82) is 0 Å². The summed E-state index contributed by atoms with van der Waals surface area (Å²) < 4.78 is 10.6. The van der Waals surface area contributed by atoms with Crippen LogP contribution in [0.2, 0.25) is 0 Å². The zero-order valence-corrected chi connectivity index (χ0v) is 16.1. The summed E-state index contributed by atoms with van der Waals surface area (Å²) in [6, 6.07) is 23.9. The molecule has 3 aromatic carbocycles. The van der Waals surface area contributed by atoms with Crippen molar-refractivity contribution in [2.24, 2.45) is 0 Å². The maximum absolute atomic E-state index is 13.0. The Kier molecular flexibility index (Phi) is 5.29. The molecule has 4 rings (SSSR count). The molecule has 29 heavy (non-hydrogen) atoms. The van der Waals surface area contributed by atoms with E-state index in [1.807, 2.05) is 54.6 Å². The van der Waals surface area contributed by atoms with Crippen molar-refractivity contribution >= 4 is 11.9 Å². The lowest BCUT2D eigenvalue weighted by Crippen LogP contribution is -2.32. The van der Waals surface area contributed by atoms with Crippen LogP contribution in [-0.2, 0) is 4.74 Å². The van der Waals surface area contributed by atoms with Crippen molar-refractivity contribution in [2.45, 2.75) is 6.04 Å². The van der Waals surface area contributed by atoms with Crippen molar-refractivity contribution in [3.05, 3.63) is 101 Å². The summed E-state index contributed by atoms with van der Waals surface area (Å²) in [5, 5.41) is 0. The molecule has 5 nitrogen and oxygen atoms in total. The van der Waals surface area contributed by atoms with Crippen molar-refractivity contribution < 1.29 is 19.1 Å². The smallest absolute Gasteiger partial charge is 0.338 e. The number of esters is 1. The van der Waals surface area contributed by atoms with Gasteiger partial charge in [0, 0.05) is 5.56 Å². The summed E-state index contributed by atoms with van der Waals surface area (Å²) in [6.07, 6.45) is 0. The Morgan fingerprint density at radius 2 is 1.62 bits per heavy atom. The van der Waals surface area contributed by atoms with Gasteiger partial charge in [-0.3, -0.25) is 4.79 Å². The molecule has 5 heteroatoms. The van der Waals surface area contributed by atoms with Crippen LogP contribution in [0.25, 0.3) is 0 Å². The second kappa shape index (κ2) is 8.19. The van der Waals surface area contributed by atoms with E-state index < -0.39 is 5.97 Å². The van der Waals surface area contributed by atoms with E-state index in [2.05, 4.69) is 0 Å². The van der Waals surface area contributed by atoms with Crippen molar-refractivity contribution in [1.82, 2.24) is 4.90 Å². The summed E-state index contributed by atoms with van der Waals surface area (Å²) in [5.74, 6) is 0.308. The second-order valence-corrected chi connectivity index (χ2v) is 6.76. The average Bonchev–Trinajstić information content (AvgIpc) is 3.06. The minimum absolute atomic E-state index is 0.0582. The number of rotatable bonds is 6. The molecule has 0 radical (unpaired) electrons. The third kappa shape index (κ3) is 3.72. The Morgan fingerprint density at radius 3 is 2.34 bits per heavy atom. The van der Waals surface area contributed by atoms with E-state index in [0.29, 0.717) is 17.7 Å². The number of amides is 1. The highest BCUT2D eigenvalue weighted by Crippen LogP contribution is 2.38. The Labute approximate surface area is 169 Å². The van der Waals surface area contributed by atoms with Gasteiger partial charge in [-0.1, -0.05) is 48.5 Å². The lowest BCUT2D eigenvalue weighted by Gasteiger charge is -2.26. The zero-order valence-electron chi connectivity index (χ0n) is 16.1. The monoisotopic (exact) mass is 387 g/mol. The van der Waals surface area contributed by atoms with Gasteiger partial charge in [-0.15, -0.1) is 0 Å². The Bertz CT molecular complexity index is 1010. The van der Waals surface area contributed by atoms with Crippen LogP contribution >= 0.6 is 0 Å². The van der Waals surface area contributed by atoms with Gasteiger partial charge in [0.15, 0.2) is 0 Å². The number of carbonyl (C=O) groups is 2. The molecule has 1 heterocycles. The number of ether oxygens (including phenoxy) is 2. The highest BCUT2D eigenvalue weighted by atomic mass is 16.5. The van der Waals surface area contributed by atoms with Gasteiger partial charge in [0.05, 0.1) is 25.3 Å². The summed E-state index contributed by atoms with van der Waals surface area (Å²) in [7, 11) is 1.62. The quantitative estimate of drug-likeness (QED) is 0.598. The molecule has 1 unspecified atom stereocenters. The molecule has 3 aromatic rings. The van der Waals surface area contributed by atoms with Crippen molar-refractivity contribution in [3.8, 4) is 5.75 Å². The van der Waals surface area contributed by atoms with E-state index in [-0.39, 0.29) is 18.6 Å². The van der Waals surface area contributed by atoms with E-state index in [1.165, 1.54) is 0 Å². The number of carbonyl (C=O) groups excluding carboxylic acids is 2. The minimum Gasteiger partial charge on any atom is -0.497 e. The van der Waals surface area contributed by atoms with Gasteiger partial charge in [0.25, 0.3) is 5.91 Å². The van der Waals surface area contributed by atoms with E-state index in [9.17, 15) is 9.59 Å². The minimum atomic E-state index is -0.393. The maximum atomic E-state index is 13.0. The van der Waals surface area contributed by atoms with Crippen LogP contribution in [0.1, 0.15) is 37.9 Å². The predicted octanol–water partition coefficient (Wildman–Crippen LogP) is 4.10. The standard InChI is InChI=1S/C24H21NO4/c1-28-19-13-11-17(12-14-19)22-20-9-5-6-10-21(20)23(26)25(22)15-16-29-24(27)18-7-3-2-4-8-18/h2-14,22H,15-16H2,1H3. The largest absolute Gasteiger partial charge is 0.497 e. The highest BCUT2D eigenvalue weighted by Gasteiger charge is 2.37. The van der Waals surface area contributed by atoms with E-state index >= 15 is 0 Å². The number of methoxy groups -OCH3 is 1. The fourth-order valence-corrected chi connectivity index (χ4v) is 3.64. The maximum Gasteiger partial charge on any atom is 0.338 e. The number of hydrogen-bond donors (Lipinski definition) is 0. The van der Waals surface area contributed by atoms with E-state index in [0.717, 1.165) is 16.9 Å². The molecule has 0 N–H and O–H groups in total. The summed E-state index contributed by atoms with van der Waals surface area (Å²) in [5.41, 5.74) is 3.12. The van der Waals surface area contributed by atoms with Gasteiger partial charge in [0.2, 0.25) is 0 Å². The molecular formula is C24H21NO4. The van der Waals surface area contributed by atoms with Gasteiger partial charge < -0.3 is 14.4 Å². The molecular weight excluding hydrogens is 366 g/mol. The molecule has 0 fully saturated rings. The van der Waals surface area contributed by atoms with E-state index in [4.69, 9.17) is 9.47 Å². The van der Waals surface area contributed by atoms with Gasteiger partial charge in [0.1, 0.15) is 12.4 Å². The molecule has 1 atom stereocenters. The number of fused-ring (bicyclic) bond motifs is 1. The topological polar surface area (TPSA) is 55.8 Å². The second-order valence-electron chi connectivity index (χ2n) is 6.76. The van der Waals surface area contributed by atoms with Crippen LogP contribution in [0.4, 0.5) is 0 Å². The third-order valence-corrected chi connectivity index (χ3v) is 5.06. The third-order valence-electron chi connectivity index (χ3n) is 5.06. The van der Waals surface area contributed by atoms with Crippen LogP contribution in [0.3, 0.4) is 0 Å². The SMILES string of the molecule is COc1ccc(C2c3ccccc3C(=O)N2CCOC(=O)c2ccccc2)cc1. The number of benzene rings is 3. The normalized spacial score (nSPS) is 15.1. The Hall–Kier alpha value is -3.60. The molecule has 1 aliphatic rings. The lowest BCUT2D eigenvalue weighted by molar-refractivity contribution is 0.0426. The van der Waals surface area contributed by atoms with Gasteiger partial charge in [-0.25, -0.2) is 4.79 Å². The molecule has 1 amide bonds. The van der Waals surface area contributed by atoms with Gasteiger partial charge in [-0.05, 0) is 41.5 Å². The summed E-state index contributed by atoms with van der Waals surface area (Å²) >= 11 is 0. The fourth-order valence-electron chi connectivity index (χ4n) is 3.64. The first-order chi connectivity index (χ1) is 14.2. The molecule has 0 aliphatic carbocycles. The summed E-state index contributed by atoms with van der Waals surface area (Å²) in [6.45, 7) is 0.433. The lowest BCUT2D eigenvalue weighted by atomic mass is 9.98. The molecule has 1 aliphatic heterocycles. The van der Waals surface area contributed by atoms with Crippen molar-refractivity contribution in [2.75, 3.05) is 20.3 Å². The molecule has 0 spiro atoms. The molecule has 0 saturated carbocycles. The number of nitrogens with zero attached hydrogens (tertiary/aromatic N) is 1. The van der Waals surface area contributed by atoms with Gasteiger partial charge >= 0.3 is 5.97 Å². The van der Waals surface area contributed by atoms with Crippen LogP contribution in [0.15, 0.2) is 78.9 Å². The first-order valence-electron chi connectivity index (χ1n) is 9.45. The van der Waals surface area contributed by atoms with Crippen molar-refractivity contribution in [3.63, 3.8) is 0 Å². The Balaban J connectivity index is 1.54. The van der Waals surface area contributed by atoms with Crippen LogP contribution in [0, 0.1) is 0 Å². The Morgan fingerprint density at radius 1 is 0.931 bits per heavy atom. The average molecular weight is 387 g/mol. The molecule has 0 bridgehead atoms.